The molecule has 2 aromatic heterocycles. The Morgan fingerprint density at radius 1 is 0.962 bits per heavy atom. The Morgan fingerprint density at radius 2 is 1.67 bits per heavy atom. The predicted octanol–water partition coefficient (Wildman–Crippen LogP) is 8.90. The van der Waals surface area contributed by atoms with Crippen molar-refractivity contribution in [1.29, 1.82) is 0 Å². The Morgan fingerprint density at radius 3 is 2.37 bits per heavy atom. The summed E-state index contributed by atoms with van der Waals surface area (Å²) < 4.78 is 8.01. The molecule has 276 valence electrons. The van der Waals surface area contributed by atoms with Gasteiger partial charge in [0.1, 0.15) is 23.7 Å². The summed E-state index contributed by atoms with van der Waals surface area (Å²) >= 11 is 0. The van der Waals surface area contributed by atoms with Crippen molar-refractivity contribution in [2.45, 2.75) is 98.7 Å². The molecule has 5 rings (SSSR count). The summed E-state index contributed by atoms with van der Waals surface area (Å²) in [6, 6.07) is 17.2. The SMILES string of the molecule is CC#CCCn1c(=O)c(NC(=O)Nc2c(C(C)C)cccc2C(C)C)c(-c2cccc(OCCN3CCCCC3N(CC)CC)c2)c2cccnc21. The van der Waals surface area contributed by atoms with E-state index in [0.29, 0.717) is 42.7 Å². The Labute approximate surface area is 309 Å². The van der Waals surface area contributed by atoms with Gasteiger partial charge in [-0.15, -0.1) is 11.8 Å². The number of benzene rings is 2. The smallest absolute Gasteiger partial charge is 0.323 e. The fourth-order valence-corrected chi connectivity index (χ4v) is 7.46. The number of hydrogen-bond acceptors (Lipinski definition) is 6. The van der Waals surface area contributed by atoms with Gasteiger partial charge in [0.05, 0.1) is 6.17 Å². The van der Waals surface area contributed by atoms with Gasteiger partial charge in [0, 0.05) is 42.3 Å². The van der Waals surface area contributed by atoms with Crippen LogP contribution in [0.4, 0.5) is 16.2 Å². The highest BCUT2D eigenvalue weighted by Crippen LogP contribution is 2.36. The fraction of sp³-hybridized carbons (Fsp3) is 0.465. The van der Waals surface area contributed by atoms with Crippen molar-refractivity contribution in [3.8, 4) is 28.7 Å². The van der Waals surface area contributed by atoms with Crippen molar-refractivity contribution in [3.63, 3.8) is 0 Å². The number of aromatic nitrogens is 2. The maximum atomic E-state index is 14.5. The van der Waals surface area contributed by atoms with Crippen LogP contribution in [0.1, 0.15) is 97.1 Å². The van der Waals surface area contributed by atoms with Gasteiger partial charge in [-0.1, -0.05) is 71.9 Å². The predicted molar refractivity (Wildman–Crippen MR) is 214 cm³/mol. The van der Waals surface area contributed by atoms with Crippen LogP contribution in [-0.2, 0) is 6.54 Å². The lowest BCUT2D eigenvalue weighted by molar-refractivity contribution is 0.0120. The molecule has 0 saturated carbocycles. The van der Waals surface area contributed by atoms with Crippen LogP contribution < -0.4 is 20.9 Å². The van der Waals surface area contributed by atoms with E-state index >= 15 is 0 Å². The summed E-state index contributed by atoms with van der Waals surface area (Å²) in [7, 11) is 0. The number of anilines is 2. The molecule has 2 N–H and O–H groups in total. The first-order chi connectivity index (χ1) is 25.2. The third-order valence-electron chi connectivity index (χ3n) is 10.1. The lowest BCUT2D eigenvalue weighted by Crippen LogP contribution is -2.51. The van der Waals surface area contributed by atoms with E-state index in [1.807, 2.05) is 54.6 Å². The molecule has 3 heterocycles. The minimum Gasteiger partial charge on any atom is -0.492 e. The van der Waals surface area contributed by atoms with Gasteiger partial charge >= 0.3 is 6.03 Å². The quantitative estimate of drug-likeness (QED) is 0.128. The molecule has 1 aliphatic heterocycles. The van der Waals surface area contributed by atoms with Crippen molar-refractivity contribution in [2.75, 3.05) is 43.4 Å². The first kappa shape index (κ1) is 38.6. The van der Waals surface area contributed by atoms with Crippen LogP contribution >= 0.6 is 0 Å². The molecule has 52 heavy (non-hydrogen) atoms. The number of amides is 2. The molecule has 1 saturated heterocycles. The highest BCUT2D eigenvalue weighted by Gasteiger charge is 2.27. The molecule has 0 spiro atoms. The van der Waals surface area contributed by atoms with Crippen LogP contribution in [-0.4, -0.2) is 64.3 Å². The molecule has 9 nitrogen and oxygen atoms in total. The fourth-order valence-electron chi connectivity index (χ4n) is 7.46. The monoisotopic (exact) mass is 704 g/mol. The minimum absolute atomic E-state index is 0.183. The summed E-state index contributed by atoms with van der Waals surface area (Å²) in [5.74, 6) is 7.07. The standard InChI is InChI=1S/C43H56N6O3/c1-8-11-13-26-49-41-36(22-17-24-44-41)38(40(42(49)50)46-43(51)45-39-34(30(4)5)20-16-21-35(39)31(6)7)32-18-15-19-33(29-32)52-28-27-48-25-14-12-23-37(48)47(9-2)10-3/h15-22,24,29-31,37H,9-10,12-14,23,25-28H2,1-7H3,(H2,45,46,51). The Balaban J connectivity index is 1.52. The first-order valence-corrected chi connectivity index (χ1v) is 19.0. The molecule has 0 aliphatic carbocycles. The number of nitrogens with zero attached hydrogens (tertiary/aromatic N) is 4. The average Bonchev–Trinajstić information content (AvgIpc) is 3.14. The van der Waals surface area contributed by atoms with Gasteiger partial charge < -0.3 is 15.4 Å². The molecule has 1 unspecified atom stereocenters. The zero-order chi connectivity index (χ0) is 37.2. The maximum absolute atomic E-state index is 14.5. The second-order valence-corrected chi connectivity index (χ2v) is 14.1. The lowest BCUT2D eigenvalue weighted by atomic mass is 9.93. The number of urea groups is 1. The molecule has 0 radical (unpaired) electrons. The number of hydrogen-bond donors (Lipinski definition) is 2. The number of fused-ring (bicyclic) bond motifs is 1. The van der Waals surface area contributed by atoms with Crippen molar-refractivity contribution in [1.82, 2.24) is 19.4 Å². The largest absolute Gasteiger partial charge is 0.492 e. The van der Waals surface area contributed by atoms with Gasteiger partial charge in [0.15, 0.2) is 0 Å². The van der Waals surface area contributed by atoms with Crippen molar-refractivity contribution in [3.05, 3.63) is 82.3 Å². The third-order valence-corrected chi connectivity index (χ3v) is 10.1. The maximum Gasteiger partial charge on any atom is 0.323 e. The molecule has 0 bridgehead atoms. The normalized spacial score (nSPS) is 14.8. The van der Waals surface area contributed by atoms with E-state index in [1.165, 1.54) is 19.3 Å². The third kappa shape index (κ3) is 8.86. The summed E-state index contributed by atoms with van der Waals surface area (Å²) in [6.45, 7) is 19.5. The van der Waals surface area contributed by atoms with E-state index < -0.39 is 6.03 Å². The second-order valence-electron chi connectivity index (χ2n) is 14.1. The van der Waals surface area contributed by atoms with Crippen LogP contribution in [0.15, 0.2) is 65.6 Å². The summed E-state index contributed by atoms with van der Waals surface area (Å²) in [5.41, 5.74) is 4.60. The van der Waals surface area contributed by atoms with Crippen LogP contribution in [0.25, 0.3) is 22.2 Å². The van der Waals surface area contributed by atoms with Gasteiger partial charge in [0.2, 0.25) is 0 Å². The average molecular weight is 705 g/mol. The van der Waals surface area contributed by atoms with Gasteiger partial charge in [-0.25, -0.2) is 9.78 Å². The molecule has 4 aromatic rings. The van der Waals surface area contributed by atoms with E-state index in [9.17, 15) is 9.59 Å². The highest BCUT2D eigenvalue weighted by molar-refractivity contribution is 6.07. The lowest BCUT2D eigenvalue weighted by Gasteiger charge is -2.42. The zero-order valence-corrected chi connectivity index (χ0v) is 32.1. The van der Waals surface area contributed by atoms with Crippen LogP contribution in [0.5, 0.6) is 5.75 Å². The topological polar surface area (TPSA) is 91.7 Å². The number of carbonyl (C=O) groups is 1. The first-order valence-electron chi connectivity index (χ1n) is 19.0. The molecule has 1 fully saturated rings. The van der Waals surface area contributed by atoms with Gasteiger partial charge in [-0.2, -0.15) is 0 Å². The van der Waals surface area contributed by atoms with E-state index in [4.69, 9.17) is 4.74 Å². The van der Waals surface area contributed by atoms with Gasteiger partial charge in [-0.3, -0.25) is 19.2 Å². The van der Waals surface area contributed by atoms with Crippen molar-refractivity contribution in [2.24, 2.45) is 0 Å². The summed E-state index contributed by atoms with van der Waals surface area (Å²) in [5, 5.41) is 6.90. The van der Waals surface area contributed by atoms with E-state index in [-0.39, 0.29) is 23.1 Å². The number of rotatable bonds is 14. The zero-order valence-electron chi connectivity index (χ0n) is 32.1. The Kier molecular flexibility index (Phi) is 13.5. The number of pyridine rings is 2. The van der Waals surface area contributed by atoms with Crippen LogP contribution in [0.2, 0.25) is 0 Å². The molecular formula is C43H56N6O3. The molecule has 1 atom stereocenters. The van der Waals surface area contributed by atoms with Crippen LogP contribution in [0, 0.1) is 11.8 Å². The molecule has 2 aromatic carbocycles. The number of ether oxygens (including phenoxy) is 1. The number of aryl methyl sites for hydroxylation is 1. The minimum atomic E-state index is -0.479. The molecular weight excluding hydrogens is 649 g/mol. The number of piperidine rings is 1. The highest BCUT2D eigenvalue weighted by atomic mass is 16.5. The van der Waals surface area contributed by atoms with E-state index in [2.05, 4.69) is 78.8 Å². The number of nitrogens with one attached hydrogen (secondary N) is 2. The van der Waals surface area contributed by atoms with Crippen molar-refractivity contribution < 1.29 is 9.53 Å². The second kappa shape index (κ2) is 18.2. The van der Waals surface area contributed by atoms with Gasteiger partial charge in [0.25, 0.3) is 5.56 Å². The molecule has 9 heteroatoms. The van der Waals surface area contributed by atoms with E-state index in [1.54, 1.807) is 17.7 Å². The number of likely N-dealkylation sites (tertiary alicyclic amines) is 1. The molecule has 2 amide bonds. The van der Waals surface area contributed by atoms with E-state index in [0.717, 1.165) is 53.9 Å². The summed E-state index contributed by atoms with van der Waals surface area (Å²) in [4.78, 5) is 38.2. The Hall–Kier alpha value is -4.65. The van der Waals surface area contributed by atoms with Crippen molar-refractivity contribution >= 4 is 28.4 Å². The van der Waals surface area contributed by atoms with Crippen LogP contribution in [0.3, 0.4) is 0 Å². The van der Waals surface area contributed by atoms with Gasteiger partial charge in [-0.05, 0) is 98.6 Å². The Bertz CT molecular complexity index is 1930. The number of carbonyl (C=O) groups excluding carboxylic acids is 1. The number of para-hydroxylation sites is 1. The molecule has 1 aliphatic rings. The summed E-state index contributed by atoms with van der Waals surface area (Å²) in [6.07, 6.45) is 6.25.